The van der Waals surface area contributed by atoms with E-state index in [9.17, 15) is 0 Å². The Labute approximate surface area is 202 Å². The number of pyridine rings is 1. The summed E-state index contributed by atoms with van der Waals surface area (Å²) in [5.41, 5.74) is 5.78. The minimum absolute atomic E-state index is 0.710. The second kappa shape index (κ2) is 10.4. The molecule has 1 fully saturated rings. The summed E-state index contributed by atoms with van der Waals surface area (Å²) in [5, 5.41) is 3.48. The SMILES string of the molecule is CCCCCNc1cc(N2CCc3c(-c4cccc(C)c4)nc(N4CCOCC4)nc32)ccn1. The number of unbranched alkanes of at least 4 members (excludes halogenated alkanes) is 2. The number of rotatable bonds is 8. The van der Waals surface area contributed by atoms with Crippen LogP contribution in [0.1, 0.15) is 37.3 Å². The van der Waals surface area contributed by atoms with E-state index in [0.717, 1.165) is 73.5 Å². The van der Waals surface area contributed by atoms with Crippen LogP contribution in [0.2, 0.25) is 0 Å². The van der Waals surface area contributed by atoms with E-state index in [-0.39, 0.29) is 0 Å². The smallest absolute Gasteiger partial charge is 0.228 e. The first-order valence-electron chi connectivity index (χ1n) is 12.5. The maximum absolute atomic E-state index is 5.57. The Morgan fingerprint density at radius 2 is 1.91 bits per heavy atom. The van der Waals surface area contributed by atoms with Gasteiger partial charge < -0.3 is 19.9 Å². The van der Waals surface area contributed by atoms with Gasteiger partial charge in [-0.1, -0.05) is 43.5 Å². The van der Waals surface area contributed by atoms with Gasteiger partial charge in [0.05, 0.1) is 18.9 Å². The number of hydrogen-bond donors (Lipinski definition) is 1. The van der Waals surface area contributed by atoms with Gasteiger partial charge in [-0.05, 0) is 31.9 Å². The highest BCUT2D eigenvalue weighted by atomic mass is 16.5. The van der Waals surface area contributed by atoms with Crippen molar-refractivity contribution in [3.63, 3.8) is 0 Å². The van der Waals surface area contributed by atoms with E-state index in [2.05, 4.69) is 70.3 Å². The Kier molecular flexibility index (Phi) is 6.90. The van der Waals surface area contributed by atoms with E-state index in [1.54, 1.807) is 0 Å². The lowest BCUT2D eigenvalue weighted by molar-refractivity contribution is 0.122. The van der Waals surface area contributed by atoms with Crippen molar-refractivity contribution in [1.29, 1.82) is 0 Å². The summed E-state index contributed by atoms with van der Waals surface area (Å²) in [6, 6.07) is 12.8. The zero-order valence-corrected chi connectivity index (χ0v) is 20.3. The third-order valence-corrected chi connectivity index (χ3v) is 6.54. The average Bonchev–Trinajstić information content (AvgIpc) is 3.31. The van der Waals surface area contributed by atoms with Gasteiger partial charge in [0.1, 0.15) is 11.6 Å². The van der Waals surface area contributed by atoms with Crippen LogP contribution in [-0.2, 0) is 11.2 Å². The monoisotopic (exact) mass is 458 g/mol. The summed E-state index contributed by atoms with van der Waals surface area (Å²) in [7, 11) is 0. The number of fused-ring (bicyclic) bond motifs is 1. The number of aryl methyl sites for hydroxylation is 1. The molecule has 0 unspecified atom stereocenters. The Morgan fingerprint density at radius 3 is 2.74 bits per heavy atom. The second-order valence-electron chi connectivity index (χ2n) is 9.08. The number of morpholine rings is 1. The van der Waals surface area contributed by atoms with Crippen molar-refractivity contribution in [3.8, 4) is 11.3 Å². The Bertz CT molecular complexity index is 1130. The molecule has 0 spiro atoms. The van der Waals surface area contributed by atoms with Gasteiger partial charge in [0.15, 0.2) is 0 Å². The third kappa shape index (κ3) is 4.85. The number of nitrogens with one attached hydrogen (secondary N) is 1. The summed E-state index contributed by atoms with van der Waals surface area (Å²) >= 11 is 0. The number of anilines is 4. The van der Waals surface area contributed by atoms with E-state index in [1.807, 2.05) is 6.20 Å². The fourth-order valence-electron chi connectivity index (χ4n) is 4.71. The number of aromatic nitrogens is 3. The van der Waals surface area contributed by atoms with E-state index in [4.69, 9.17) is 14.7 Å². The van der Waals surface area contributed by atoms with Crippen molar-refractivity contribution in [3.05, 3.63) is 53.7 Å². The molecule has 178 valence electrons. The summed E-state index contributed by atoms with van der Waals surface area (Å²) in [4.78, 5) is 19.3. The molecule has 0 atom stereocenters. The molecule has 2 aliphatic heterocycles. The van der Waals surface area contributed by atoms with Crippen LogP contribution in [0.15, 0.2) is 42.6 Å². The average molecular weight is 459 g/mol. The zero-order valence-electron chi connectivity index (χ0n) is 20.3. The van der Waals surface area contributed by atoms with Crippen LogP contribution in [0.3, 0.4) is 0 Å². The fraction of sp³-hybridized carbons (Fsp3) is 0.444. The van der Waals surface area contributed by atoms with E-state index < -0.39 is 0 Å². The molecule has 0 amide bonds. The van der Waals surface area contributed by atoms with Crippen molar-refractivity contribution in [1.82, 2.24) is 15.0 Å². The Hall–Kier alpha value is -3.19. The molecule has 2 aliphatic rings. The summed E-state index contributed by atoms with van der Waals surface area (Å²) in [6.07, 6.45) is 6.42. The van der Waals surface area contributed by atoms with Gasteiger partial charge in [-0.15, -0.1) is 0 Å². The molecule has 7 nitrogen and oxygen atoms in total. The van der Waals surface area contributed by atoms with Crippen molar-refractivity contribution in [2.75, 3.05) is 54.5 Å². The molecule has 1 aromatic carbocycles. The first-order valence-corrected chi connectivity index (χ1v) is 12.5. The van der Waals surface area contributed by atoms with Crippen LogP contribution >= 0.6 is 0 Å². The largest absolute Gasteiger partial charge is 0.378 e. The van der Waals surface area contributed by atoms with Gasteiger partial charge in [0.25, 0.3) is 0 Å². The molecule has 2 aromatic heterocycles. The van der Waals surface area contributed by atoms with Gasteiger partial charge in [0.2, 0.25) is 5.95 Å². The maximum Gasteiger partial charge on any atom is 0.228 e. The quantitative estimate of drug-likeness (QED) is 0.478. The first-order chi connectivity index (χ1) is 16.7. The third-order valence-electron chi connectivity index (χ3n) is 6.54. The maximum atomic E-state index is 5.57. The normalized spacial score (nSPS) is 15.5. The lowest BCUT2D eigenvalue weighted by Gasteiger charge is -2.28. The van der Waals surface area contributed by atoms with Gasteiger partial charge in [-0.2, -0.15) is 4.98 Å². The lowest BCUT2D eigenvalue weighted by Crippen LogP contribution is -2.37. The topological polar surface area (TPSA) is 66.4 Å². The van der Waals surface area contributed by atoms with Crippen molar-refractivity contribution >= 4 is 23.3 Å². The van der Waals surface area contributed by atoms with Crippen molar-refractivity contribution in [2.45, 2.75) is 39.5 Å². The summed E-state index contributed by atoms with van der Waals surface area (Å²) in [5.74, 6) is 2.72. The van der Waals surface area contributed by atoms with Crippen molar-refractivity contribution < 1.29 is 4.74 Å². The molecule has 34 heavy (non-hydrogen) atoms. The molecule has 7 heteroatoms. The molecule has 1 N–H and O–H groups in total. The molecule has 5 rings (SSSR count). The summed E-state index contributed by atoms with van der Waals surface area (Å²) in [6.45, 7) is 9.23. The van der Waals surface area contributed by atoms with Crippen LogP contribution in [0, 0.1) is 6.92 Å². The zero-order chi connectivity index (χ0) is 23.3. The van der Waals surface area contributed by atoms with Crippen LogP contribution < -0.4 is 15.1 Å². The van der Waals surface area contributed by atoms with Crippen LogP contribution in [0.25, 0.3) is 11.3 Å². The summed E-state index contributed by atoms with van der Waals surface area (Å²) < 4.78 is 5.57. The number of ether oxygens (including phenoxy) is 1. The van der Waals surface area contributed by atoms with Crippen molar-refractivity contribution in [2.24, 2.45) is 0 Å². The van der Waals surface area contributed by atoms with Crippen LogP contribution in [0.5, 0.6) is 0 Å². The molecular weight excluding hydrogens is 424 g/mol. The standard InChI is InChI=1S/C27H34N6O/c1-3-4-5-11-28-24-19-22(9-12-29-24)33-13-10-23-25(21-8-6-7-20(2)18-21)30-27(31-26(23)33)32-14-16-34-17-15-32/h6-9,12,18-19H,3-5,10-11,13-17H2,1-2H3,(H,28,29). The molecule has 0 bridgehead atoms. The van der Waals surface area contributed by atoms with Gasteiger partial charge in [-0.25, -0.2) is 9.97 Å². The second-order valence-corrected chi connectivity index (χ2v) is 9.08. The number of hydrogen-bond acceptors (Lipinski definition) is 7. The Morgan fingerprint density at radius 1 is 1.03 bits per heavy atom. The highest BCUT2D eigenvalue weighted by Gasteiger charge is 2.29. The molecular formula is C27H34N6O. The minimum Gasteiger partial charge on any atom is -0.378 e. The van der Waals surface area contributed by atoms with Gasteiger partial charge in [0, 0.05) is 55.3 Å². The first kappa shape index (κ1) is 22.6. The van der Waals surface area contributed by atoms with Gasteiger partial charge in [-0.3, -0.25) is 0 Å². The van der Waals surface area contributed by atoms with Crippen LogP contribution in [0.4, 0.5) is 23.3 Å². The predicted octanol–water partition coefficient (Wildman–Crippen LogP) is 4.98. The molecule has 0 saturated carbocycles. The van der Waals surface area contributed by atoms with E-state index in [1.165, 1.54) is 24.0 Å². The highest BCUT2D eigenvalue weighted by molar-refractivity contribution is 5.77. The lowest BCUT2D eigenvalue weighted by atomic mass is 10.0. The molecule has 4 heterocycles. The predicted molar refractivity (Wildman–Crippen MR) is 138 cm³/mol. The molecule has 3 aromatic rings. The van der Waals surface area contributed by atoms with Crippen LogP contribution in [-0.4, -0.2) is 54.3 Å². The molecule has 1 saturated heterocycles. The minimum atomic E-state index is 0.710. The highest BCUT2D eigenvalue weighted by Crippen LogP contribution is 2.39. The molecule has 0 radical (unpaired) electrons. The number of benzene rings is 1. The van der Waals surface area contributed by atoms with E-state index in [0.29, 0.717) is 13.2 Å². The number of nitrogens with zero attached hydrogens (tertiary/aromatic N) is 5. The Balaban J connectivity index is 1.51. The fourth-order valence-corrected chi connectivity index (χ4v) is 4.71. The van der Waals surface area contributed by atoms with Gasteiger partial charge >= 0.3 is 0 Å². The van der Waals surface area contributed by atoms with E-state index >= 15 is 0 Å². The molecule has 0 aliphatic carbocycles.